The van der Waals surface area contributed by atoms with Gasteiger partial charge in [0.2, 0.25) is 0 Å². The highest BCUT2D eigenvalue weighted by Crippen LogP contribution is 2.43. The van der Waals surface area contributed by atoms with E-state index >= 15 is 0 Å². The molecule has 0 aromatic carbocycles. The van der Waals surface area contributed by atoms with Gasteiger partial charge in [0, 0.05) is 5.54 Å². The van der Waals surface area contributed by atoms with Crippen LogP contribution >= 0.6 is 0 Å². The van der Waals surface area contributed by atoms with E-state index < -0.39 is 0 Å². The summed E-state index contributed by atoms with van der Waals surface area (Å²) in [7, 11) is 2.35. The van der Waals surface area contributed by atoms with Crippen molar-refractivity contribution in [3.05, 3.63) is 0 Å². The Labute approximate surface area is 82.5 Å². The van der Waals surface area contributed by atoms with Crippen molar-refractivity contribution in [3.63, 3.8) is 0 Å². The fourth-order valence-electron chi connectivity index (χ4n) is 3.35. The Hall–Kier alpha value is -0.0400. The summed E-state index contributed by atoms with van der Waals surface area (Å²) in [4.78, 5) is 2.67. The lowest BCUT2D eigenvalue weighted by atomic mass is 9.89. The van der Waals surface area contributed by atoms with Crippen molar-refractivity contribution >= 4 is 0 Å². The van der Waals surface area contributed by atoms with E-state index in [0.717, 1.165) is 5.92 Å². The summed E-state index contributed by atoms with van der Waals surface area (Å²) in [6.45, 7) is 3.76. The van der Waals surface area contributed by atoms with Gasteiger partial charge in [-0.1, -0.05) is 19.8 Å². The highest BCUT2D eigenvalue weighted by molar-refractivity contribution is 4.96. The minimum atomic E-state index is 0.621. The Morgan fingerprint density at radius 3 is 2.69 bits per heavy atom. The van der Waals surface area contributed by atoms with Gasteiger partial charge >= 0.3 is 0 Å². The molecule has 1 aliphatic heterocycles. The van der Waals surface area contributed by atoms with E-state index in [2.05, 4.69) is 18.9 Å². The summed E-state index contributed by atoms with van der Waals surface area (Å²) in [5.41, 5.74) is 0.621. The van der Waals surface area contributed by atoms with Gasteiger partial charge in [-0.15, -0.1) is 0 Å². The zero-order valence-electron chi connectivity index (χ0n) is 9.18. The lowest BCUT2D eigenvalue weighted by molar-refractivity contribution is 0.122. The van der Waals surface area contributed by atoms with E-state index in [1.807, 2.05) is 0 Å². The van der Waals surface area contributed by atoms with E-state index in [1.165, 1.54) is 51.5 Å². The monoisotopic (exact) mass is 181 g/mol. The molecule has 13 heavy (non-hydrogen) atoms. The van der Waals surface area contributed by atoms with Crippen molar-refractivity contribution in [3.8, 4) is 0 Å². The summed E-state index contributed by atoms with van der Waals surface area (Å²) < 4.78 is 0. The third kappa shape index (κ3) is 1.76. The molecule has 0 amide bonds. The lowest BCUT2D eigenvalue weighted by Gasteiger charge is -2.37. The van der Waals surface area contributed by atoms with Gasteiger partial charge in [-0.25, -0.2) is 0 Å². The molecule has 2 atom stereocenters. The number of nitrogens with zero attached hydrogens (tertiary/aromatic N) is 1. The van der Waals surface area contributed by atoms with Gasteiger partial charge in [0.15, 0.2) is 0 Å². The van der Waals surface area contributed by atoms with E-state index in [-0.39, 0.29) is 0 Å². The Morgan fingerprint density at radius 1 is 1.15 bits per heavy atom. The van der Waals surface area contributed by atoms with Crippen molar-refractivity contribution in [2.75, 3.05) is 13.6 Å². The maximum Gasteiger partial charge on any atom is 0.0209 e. The molecule has 1 nitrogen and oxygen atoms in total. The fraction of sp³-hybridized carbons (Fsp3) is 1.00. The first-order chi connectivity index (χ1) is 6.23. The molecule has 0 aromatic heterocycles. The zero-order chi connectivity index (χ0) is 9.31. The summed E-state index contributed by atoms with van der Waals surface area (Å²) >= 11 is 0. The zero-order valence-corrected chi connectivity index (χ0v) is 9.18. The third-order valence-electron chi connectivity index (χ3n) is 4.28. The first kappa shape index (κ1) is 9.51. The number of hydrogen-bond donors (Lipinski definition) is 0. The first-order valence-electron chi connectivity index (χ1n) is 5.94. The third-order valence-corrected chi connectivity index (χ3v) is 4.28. The van der Waals surface area contributed by atoms with Gasteiger partial charge in [-0.3, -0.25) is 0 Å². The van der Waals surface area contributed by atoms with Crippen LogP contribution in [-0.2, 0) is 0 Å². The van der Waals surface area contributed by atoms with Crippen LogP contribution in [0, 0.1) is 5.92 Å². The molecule has 2 unspecified atom stereocenters. The predicted octanol–water partition coefficient (Wildman–Crippen LogP) is 3.05. The molecule has 2 fully saturated rings. The van der Waals surface area contributed by atoms with Crippen LogP contribution in [0.15, 0.2) is 0 Å². The Morgan fingerprint density at radius 2 is 2.00 bits per heavy atom. The maximum atomic E-state index is 2.67. The van der Waals surface area contributed by atoms with Crippen molar-refractivity contribution in [2.45, 2.75) is 57.4 Å². The molecule has 1 heterocycles. The smallest absolute Gasteiger partial charge is 0.0209 e. The minimum absolute atomic E-state index is 0.621. The highest BCUT2D eigenvalue weighted by Gasteiger charge is 2.40. The fourth-order valence-corrected chi connectivity index (χ4v) is 3.35. The predicted molar refractivity (Wildman–Crippen MR) is 56.8 cm³/mol. The van der Waals surface area contributed by atoms with Crippen LogP contribution in [-0.4, -0.2) is 24.0 Å². The number of hydrogen-bond acceptors (Lipinski definition) is 1. The molecule has 2 rings (SSSR count). The van der Waals surface area contributed by atoms with Crippen molar-refractivity contribution in [2.24, 2.45) is 5.92 Å². The van der Waals surface area contributed by atoms with Crippen LogP contribution in [0.25, 0.3) is 0 Å². The molecule has 1 saturated carbocycles. The van der Waals surface area contributed by atoms with Crippen LogP contribution in [0.2, 0.25) is 0 Å². The average Bonchev–Trinajstić information content (AvgIpc) is 2.38. The molecule has 0 radical (unpaired) electrons. The second-order valence-electron chi connectivity index (χ2n) is 5.30. The standard InChI is InChI=1S/C12H23N/c1-11-6-8-12(10-11)7-4-3-5-9-13(12)2/h11H,3-10H2,1-2H3. The molecule has 76 valence electrons. The second kappa shape index (κ2) is 3.61. The number of rotatable bonds is 0. The lowest BCUT2D eigenvalue weighted by Crippen LogP contribution is -2.43. The van der Waals surface area contributed by atoms with Crippen LogP contribution in [0.5, 0.6) is 0 Å². The quantitative estimate of drug-likeness (QED) is 0.555. The summed E-state index contributed by atoms with van der Waals surface area (Å²) in [6, 6.07) is 0. The van der Waals surface area contributed by atoms with Gasteiger partial charge in [0.1, 0.15) is 0 Å². The minimum Gasteiger partial charge on any atom is -0.301 e. The average molecular weight is 181 g/mol. The molecule has 1 aliphatic carbocycles. The van der Waals surface area contributed by atoms with Crippen LogP contribution < -0.4 is 0 Å². The van der Waals surface area contributed by atoms with Crippen molar-refractivity contribution in [1.82, 2.24) is 4.90 Å². The van der Waals surface area contributed by atoms with Crippen LogP contribution in [0.1, 0.15) is 51.9 Å². The molecule has 1 saturated heterocycles. The topological polar surface area (TPSA) is 3.24 Å². The van der Waals surface area contributed by atoms with E-state index in [0.29, 0.717) is 5.54 Å². The Bertz CT molecular complexity index is 178. The first-order valence-corrected chi connectivity index (χ1v) is 5.94. The molecular weight excluding hydrogens is 158 g/mol. The van der Waals surface area contributed by atoms with E-state index in [1.54, 1.807) is 0 Å². The summed E-state index contributed by atoms with van der Waals surface area (Å²) in [5, 5.41) is 0. The van der Waals surface area contributed by atoms with Gasteiger partial charge in [-0.05, 0) is 51.6 Å². The SMILES string of the molecule is CC1CCC2(CCCCCN2C)C1. The Kier molecular flexibility index (Phi) is 2.64. The molecule has 0 aromatic rings. The molecule has 1 spiro atoms. The van der Waals surface area contributed by atoms with E-state index in [9.17, 15) is 0 Å². The number of likely N-dealkylation sites (tertiary alicyclic amines) is 1. The van der Waals surface area contributed by atoms with Crippen molar-refractivity contribution in [1.29, 1.82) is 0 Å². The second-order valence-corrected chi connectivity index (χ2v) is 5.30. The van der Waals surface area contributed by atoms with Crippen LogP contribution in [0.4, 0.5) is 0 Å². The normalized spacial score (nSPS) is 42.5. The summed E-state index contributed by atoms with van der Waals surface area (Å²) in [5.74, 6) is 0.973. The maximum absolute atomic E-state index is 2.67. The highest BCUT2D eigenvalue weighted by atomic mass is 15.2. The van der Waals surface area contributed by atoms with Crippen LogP contribution in [0.3, 0.4) is 0 Å². The van der Waals surface area contributed by atoms with Gasteiger partial charge in [0.05, 0.1) is 0 Å². The van der Waals surface area contributed by atoms with Gasteiger partial charge in [0.25, 0.3) is 0 Å². The molecule has 0 bridgehead atoms. The molecule has 0 N–H and O–H groups in total. The van der Waals surface area contributed by atoms with E-state index in [4.69, 9.17) is 0 Å². The summed E-state index contributed by atoms with van der Waals surface area (Å²) in [6.07, 6.45) is 10.2. The van der Waals surface area contributed by atoms with Crippen molar-refractivity contribution < 1.29 is 0 Å². The molecular formula is C12H23N. The Balaban J connectivity index is 2.08. The molecule has 2 aliphatic rings. The van der Waals surface area contributed by atoms with Gasteiger partial charge in [-0.2, -0.15) is 0 Å². The largest absolute Gasteiger partial charge is 0.301 e. The van der Waals surface area contributed by atoms with Gasteiger partial charge < -0.3 is 4.90 Å². The molecule has 1 heteroatoms.